The lowest BCUT2D eigenvalue weighted by Crippen LogP contribution is -2.45. The number of ether oxygens (including phenoxy) is 5. The van der Waals surface area contributed by atoms with E-state index in [1.54, 1.807) is 62.4 Å². The molecule has 0 bridgehead atoms. The second kappa shape index (κ2) is 15.8. The predicted octanol–water partition coefficient (Wildman–Crippen LogP) is 4.59. The molecule has 1 heterocycles. The van der Waals surface area contributed by atoms with Crippen LogP contribution in [0.25, 0.3) is 0 Å². The molecule has 1 aliphatic rings. The van der Waals surface area contributed by atoms with Crippen LogP contribution in [-0.4, -0.2) is 57.0 Å². The zero-order valence-corrected chi connectivity index (χ0v) is 26.3. The molecule has 4 rings (SSSR count). The maximum atomic E-state index is 14.0. The normalized spacial score (nSPS) is 15.1. The third-order valence-electron chi connectivity index (χ3n) is 6.69. The second-order valence-corrected chi connectivity index (χ2v) is 10.2. The van der Waals surface area contributed by atoms with E-state index >= 15 is 0 Å². The number of esters is 1. The van der Waals surface area contributed by atoms with Gasteiger partial charge in [-0.1, -0.05) is 35.9 Å². The van der Waals surface area contributed by atoms with Crippen molar-refractivity contribution in [2.45, 2.75) is 32.7 Å². The topological polar surface area (TPSA) is 149 Å². The number of nitrogens with zero attached hydrogens (tertiary/aromatic N) is 1. The van der Waals surface area contributed by atoms with Crippen LogP contribution in [0.2, 0.25) is 5.02 Å². The van der Waals surface area contributed by atoms with Crippen molar-refractivity contribution >= 4 is 29.8 Å². The maximum Gasteiger partial charge on any atom is 0.337 e. The lowest BCUT2D eigenvalue weighted by molar-refractivity contribution is -0.136. The molecule has 3 aromatic carbocycles. The zero-order chi connectivity index (χ0) is 33.2. The fourth-order valence-electron chi connectivity index (χ4n) is 4.54. The van der Waals surface area contributed by atoms with Crippen molar-refractivity contribution in [2.24, 2.45) is 5.10 Å². The highest BCUT2D eigenvalue weighted by molar-refractivity contribution is 6.32. The lowest BCUT2D eigenvalue weighted by atomic mass is 9.95. The number of aliphatic hydroxyl groups excluding tert-OH is 1. The number of aliphatic hydroxyl groups is 1. The Balaban J connectivity index is 1.39. The fraction of sp³-hybridized carbons (Fsp3) is 0.281. The van der Waals surface area contributed by atoms with Gasteiger partial charge in [-0.15, -0.1) is 0 Å². The molecule has 46 heavy (non-hydrogen) atoms. The summed E-state index contributed by atoms with van der Waals surface area (Å²) >= 11 is 6.41. The van der Waals surface area contributed by atoms with Crippen LogP contribution in [0.15, 0.2) is 71.0 Å². The summed E-state index contributed by atoms with van der Waals surface area (Å²) in [4.78, 5) is 24.6. The number of halogens is 2. The van der Waals surface area contributed by atoms with E-state index in [9.17, 15) is 19.1 Å². The van der Waals surface area contributed by atoms with Gasteiger partial charge in [0.25, 0.3) is 0 Å². The van der Waals surface area contributed by atoms with Crippen LogP contribution in [-0.2, 0) is 16.1 Å². The van der Waals surface area contributed by atoms with Crippen molar-refractivity contribution in [1.29, 1.82) is 0 Å². The largest absolute Gasteiger partial charge is 0.493 e. The van der Waals surface area contributed by atoms with Gasteiger partial charge in [0.05, 0.1) is 43.7 Å². The van der Waals surface area contributed by atoms with Gasteiger partial charge in [0.1, 0.15) is 19.0 Å². The van der Waals surface area contributed by atoms with Crippen LogP contribution in [0.1, 0.15) is 36.6 Å². The predicted molar refractivity (Wildman–Crippen MR) is 168 cm³/mol. The van der Waals surface area contributed by atoms with Gasteiger partial charge in [0.2, 0.25) is 0 Å². The Morgan fingerprint density at radius 2 is 1.89 bits per heavy atom. The molecule has 12 nitrogen and oxygen atoms in total. The number of amides is 2. The first-order valence-corrected chi connectivity index (χ1v) is 14.5. The molecule has 1 aliphatic heterocycles. The van der Waals surface area contributed by atoms with Crippen molar-refractivity contribution in [3.63, 3.8) is 0 Å². The molecule has 0 saturated carbocycles. The summed E-state index contributed by atoms with van der Waals surface area (Å²) in [6.07, 6.45) is 0.201. The van der Waals surface area contributed by atoms with E-state index < -0.39 is 30.1 Å². The molecule has 2 amide bonds. The van der Waals surface area contributed by atoms with Crippen molar-refractivity contribution in [1.82, 2.24) is 16.1 Å². The number of hydrogen-bond donors (Lipinski definition) is 4. The van der Waals surface area contributed by atoms with Gasteiger partial charge in [-0.2, -0.15) is 5.10 Å². The van der Waals surface area contributed by atoms with E-state index in [0.29, 0.717) is 46.2 Å². The van der Waals surface area contributed by atoms with Crippen LogP contribution in [0.3, 0.4) is 0 Å². The van der Waals surface area contributed by atoms with Crippen LogP contribution in [0.5, 0.6) is 23.0 Å². The van der Waals surface area contributed by atoms with Crippen molar-refractivity contribution in [3.05, 3.63) is 93.4 Å². The molecule has 0 radical (unpaired) electrons. The standard InChI is InChI=1S/C32H34ClFN4O8/c1-5-44-25-14-20(29-28(31(40)43-4)18(2)36-32(41)37-29)10-11-24(25)45-17-27(39)38-35-15-19-12-22(33)30(26(13-19)42-3)46-16-21-8-6-7-9-23(21)34/h6-15,27,29,38-39H,5,16-17H2,1-4H3,(H2,36,37,41)/b35-15-/t27-,29-/m0/s1. The third-order valence-corrected chi connectivity index (χ3v) is 6.97. The number of nitrogens with one attached hydrogen (secondary N) is 3. The first kappa shape index (κ1) is 33.9. The molecular weight excluding hydrogens is 623 g/mol. The summed E-state index contributed by atoms with van der Waals surface area (Å²) in [5.41, 5.74) is 4.65. The number of methoxy groups -OCH3 is 2. The lowest BCUT2D eigenvalue weighted by Gasteiger charge is -2.28. The number of hydrazone groups is 1. The summed E-state index contributed by atoms with van der Waals surface area (Å²) in [5.74, 6) is 0.234. The van der Waals surface area contributed by atoms with Crippen LogP contribution in [0.4, 0.5) is 9.18 Å². The van der Waals surface area contributed by atoms with Gasteiger partial charge in [-0.25, -0.2) is 14.0 Å². The van der Waals surface area contributed by atoms with Crippen LogP contribution < -0.4 is 35.0 Å². The van der Waals surface area contributed by atoms with Crippen molar-refractivity contribution < 1.29 is 42.8 Å². The van der Waals surface area contributed by atoms with Gasteiger partial charge >= 0.3 is 12.0 Å². The van der Waals surface area contributed by atoms with Crippen molar-refractivity contribution in [2.75, 3.05) is 27.4 Å². The average Bonchev–Trinajstić information content (AvgIpc) is 3.03. The zero-order valence-electron chi connectivity index (χ0n) is 25.6. The van der Waals surface area contributed by atoms with Crippen molar-refractivity contribution in [3.8, 4) is 23.0 Å². The highest BCUT2D eigenvalue weighted by Crippen LogP contribution is 2.37. The molecule has 0 fully saturated rings. The van der Waals surface area contributed by atoms with E-state index in [4.69, 9.17) is 35.3 Å². The Bertz CT molecular complexity index is 1630. The van der Waals surface area contributed by atoms with E-state index in [-0.39, 0.29) is 29.6 Å². The van der Waals surface area contributed by atoms with E-state index in [0.717, 1.165) is 0 Å². The van der Waals surface area contributed by atoms with Gasteiger partial charge in [-0.3, -0.25) is 5.43 Å². The Hall–Kier alpha value is -5.01. The Labute approximate surface area is 270 Å². The molecule has 14 heteroatoms. The molecule has 0 saturated heterocycles. The monoisotopic (exact) mass is 656 g/mol. The molecule has 4 N–H and O–H groups in total. The Morgan fingerprint density at radius 1 is 1.11 bits per heavy atom. The molecule has 0 aliphatic carbocycles. The molecule has 0 aromatic heterocycles. The molecule has 0 spiro atoms. The van der Waals surface area contributed by atoms with Crippen LogP contribution in [0, 0.1) is 5.82 Å². The highest BCUT2D eigenvalue weighted by Gasteiger charge is 2.32. The van der Waals surface area contributed by atoms with E-state index in [1.807, 2.05) is 0 Å². The number of hydrogen-bond acceptors (Lipinski definition) is 10. The minimum atomic E-state index is -1.22. The number of rotatable bonds is 14. The number of carbonyl (C=O) groups excluding carboxylic acids is 2. The van der Waals surface area contributed by atoms with Crippen LogP contribution >= 0.6 is 11.6 Å². The summed E-state index contributed by atoms with van der Waals surface area (Å²) in [6, 6.07) is 13.1. The van der Waals surface area contributed by atoms with Gasteiger partial charge in [-0.05, 0) is 55.3 Å². The quantitative estimate of drug-likeness (QED) is 0.0846. The first-order valence-electron chi connectivity index (χ1n) is 14.1. The van der Waals surface area contributed by atoms with Gasteiger partial charge in [0.15, 0.2) is 29.2 Å². The summed E-state index contributed by atoms with van der Waals surface area (Å²) in [6.45, 7) is 3.46. The smallest absolute Gasteiger partial charge is 0.337 e. The molecule has 2 atom stereocenters. The fourth-order valence-corrected chi connectivity index (χ4v) is 4.81. The Kier molecular flexibility index (Phi) is 11.7. The average molecular weight is 657 g/mol. The number of carbonyl (C=O) groups is 2. The third kappa shape index (κ3) is 8.37. The summed E-state index contributed by atoms with van der Waals surface area (Å²) in [5, 5.41) is 20.0. The minimum absolute atomic E-state index is 0.0441. The molecule has 0 unspecified atom stereocenters. The summed E-state index contributed by atoms with van der Waals surface area (Å²) < 4.78 is 41.5. The van der Waals surface area contributed by atoms with Gasteiger partial charge < -0.3 is 39.4 Å². The molecule has 244 valence electrons. The van der Waals surface area contributed by atoms with E-state index in [2.05, 4.69) is 21.2 Å². The first-order chi connectivity index (χ1) is 22.1. The minimum Gasteiger partial charge on any atom is -0.493 e. The summed E-state index contributed by atoms with van der Waals surface area (Å²) in [7, 11) is 2.71. The SMILES string of the molecule is CCOc1cc([C@@H]2NC(=O)NC(C)=C2C(=O)OC)ccc1OC[C@H](O)N/N=C\c1cc(Cl)c(OCc2ccccc2F)c(OC)c1. The molecule has 3 aromatic rings. The number of allylic oxidation sites excluding steroid dienone is 1. The van der Waals surface area contributed by atoms with Gasteiger partial charge in [0, 0.05) is 11.3 Å². The number of benzene rings is 3. The Morgan fingerprint density at radius 3 is 2.61 bits per heavy atom. The highest BCUT2D eigenvalue weighted by atomic mass is 35.5. The maximum absolute atomic E-state index is 14.0. The number of urea groups is 1. The van der Waals surface area contributed by atoms with E-state index in [1.165, 1.54) is 26.5 Å². The molecular formula is C32H34ClFN4O8. The second-order valence-electron chi connectivity index (χ2n) is 9.83.